The Balaban J connectivity index is 2.03. The third kappa shape index (κ3) is 3.73. The first-order valence-corrected chi connectivity index (χ1v) is 6.38. The Morgan fingerprint density at radius 3 is 2.81 bits per heavy atom. The molecule has 21 heavy (non-hydrogen) atoms. The van der Waals surface area contributed by atoms with Gasteiger partial charge in [0.2, 0.25) is 0 Å². The molecule has 0 atom stereocenters. The van der Waals surface area contributed by atoms with E-state index in [0.29, 0.717) is 12.2 Å². The predicted molar refractivity (Wildman–Crippen MR) is 77.5 cm³/mol. The van der Waals surface area contributed by atoms with Crippen LogP contribution in [0.5, 0.6) is 0 Å². The van der Waals surface area contributed by atoms with Crippen molar-refractivity contribution in [1.29, 1.82) is 0 Å². The molecule has 0 aliphatic carbocycles. The summed E-state index contributed by atoms with van der Waals surface area (Å²) in [6.07, 6.45) is 3.32. The van der Waals surface area contributed by atoms with Gasteiger partial charge in [-0.2, -0.15) is 5.10 Å². The van der Waals surface area contributed by atoms with Crippen molar-refractivity contribution in [3.05, 3.63) is 46.7 Å². The average molecular weight is 309 g/mol. The molecule has 0 bridgehead atoms. The van der Waals surface area contributed by atoms with Crippen LogP contribution >= 0.6 is 11.6 Å². The molecule has 0 fully saturated rings. The molecule has 7 nitrogen and oxygen atoms in total. The summed E-state index contributed by atoms with van der Waals surface area (Å²) < 4.78 is 0. The monoisotopic (exact) mass is 308 g/mol. The molecule has 110 valence electrons. The van der Waals surface area contributed by atoms with Crippen LogP contribution in [0.1, 0.15) is 15.9 Å². The number of aromatic amines is 1. The van der Waals surface area contributed by atoms with Crippen LogP contribution in [0, 0.1) is 0 Å². The third-order valence-electron chi connectivity index (χ3n) is 2.78. The second kappa shape index (κ2) is 6.27. The zero-order chi connectivity index (χ0) is 15.4. The summed E-state index contributed by atoms with van der Waals surface area (Å²) in [6.45, 7) is 0.382. The molecule has 0 radical (unpaired) electrons. The van der Waals surface area contributed by atoms with Crippen molar-refractivity contribution in [2.75, 3.05) is 12.4 Å². The van der Waals surface area contributed by atoms with E-state index in [0.717, 1.165) is 5.56 Å². The maximum absolute atomic E-state index is 12.0. The molecule has 1 aromatic carbocycles. The highest BCUT2D eigenvalue weighted by Gasteiger charge is 2.13. The lowest BCUT2D eigenvalue weighted by Gasteiger charge is -2.17. The summed E-state index contributed by atoms with van der Waals surface area (Å²) in [5, 5.41) is 18.1. The van der Waals surface area contributed by atoms with Gasteiger partial charge in [-0.25, -0.2) is 9.59 Å². The third-order valence-corrected chi connectivity index (χ3v) is 3.09. The lowest BCUT2D eigenvalue weighted by atomic mass is 10.2. The molecule has 2 aromatic rings. The van der Waals surface area contributed by atoms with Gasteiger partial charge in [-0.15, -0.1) is 0 Å². The number of nitrogens with one attached hydrogen (secondary N) is 2. The van der Waals surface area contributed by atoms with Crippen LogP contribution in [0.4, 0.5) is 10.5 Å². The molecule has 0 aliphatic heterocycles. The number of halogens is 1. The first-order valence-electron chi connectivity index (χ1n) is 6.00. The summed E-state index contributed by atoms with van der Waals surface area (Å²) in [7, 11) is 1.63. The molecule has 0 saturated carbocycles. The minimum atomic E-state index is -1.08. The van der Waals surface area contributed by atoms with Crippen LogP contribution < -0.4 is 5.32 Å². The molecular weight excluding hydrogens is 296 g/mol. The van der Waals surface area contributed by atoms with Crippen LogP contribution in [0.2, 0.25) is 5.02 Å². The zero-order valence-corrected chi connectivity index (χ0v) is 11.9. The highest BCUT2D eigenvalue weighted by Crippen LogP contribution is 2.23. The fraction of sp³-hybridized carbons (Fsp3) is 0.154. The van der Waals surface area contributed by atoms with Crippen LogP contribution in [0.25, 0.3) is 0 Å². The van der Waals surface area contributed by atoms with Gasteiger partial charge in [-0.05, 0) is 18.2 Å². The van der Waals surface area contributed by atoms with Crippen molar-refractivity contribution in [3.63, 3.8) is 0 Å². The summed E-state index contributed by atoms with van der Waals surface area (Å²) in [5.41, 5.74) is 1.27. The molecule has 0 unspecified atom stereocenters. The number of hydrogen-bond donors (Lipinski definition) is 3. The number of nitrogens with zero attached hydrogens (tertiary/aromatic N) is 2. The molecule has 3 N–H and O–H groups in total. The molecule has 1 heterocycles. The van der Waals surface area contributed by atoms with Gasteiger partial charge in [-0.3, -0.25) is 5.10 Å². The summed E-state index contributed by atoms with van der Waals surface area (Å²) in [6, 6.07) is 3.76. The van der Waals surface area contributed by atoms with E-state index in [9.17, 15) is 9.59 Å². The number of hydrogen-bond acceptors (Lipinski definition) is 3. The Kier molecular flexibility index (Phi) is 4.44. The summed E-state index contributed by atoms with van der Waals surface area (Å²) >= 11 is 5.95. The van der Waals surface area contributed by atoms with Crippen molar-refractivity contribution in [2.45, 2.75) is 6.54 Å². The van der Waals surface area contributed by atoms with Gasteiger partial charge < -0.3 is 15.3 Å². The average Bonchev–Trinajstić information content (AvgIpc) is 2.93. The van der Waals surface area contributed by atoms with Gasteiger partial charge in [0.05, 0.1) is 29.0 Å². The maximum atomic E-state index is 12.0. The second-order valence-corrected chi connectivity index (χ2v) is 4.80. The van der Waals surface area contributed by atoms with E-state index in [1.807, 2.05) is 0 Å². The first kappa shape index (κ1) is 14.9. The summed E-state index contributed by atoms with van der Waals surface area (Å²) in [5.74, 6) is -1.08. The second-order valence-electron chi connectivity index (χ2n) is 4.39. The highest BCUT2D eigenvalue weighted by molar-refractivity contribution is 6.34. The first-order chi connectivity index (χ1) is 9.97. The summed E-state index contributed by atoms with van der Waals surface area (Å²) in [4.78, 5) is 24.3. The van der Waals surface area contributed by atoms with E-state index >= 15 is 0 Å². The fourth-order valence-corrected chi connectivity index (χ4v) is 1.90. The standard InChI is InChI=1S/C13H13ClN4O3/c1-18(7-8-5-15-16-6-8)13(21)17-11-3-2-9(12(19)20)4-10(11)14/h2-6H,7H2,1H3,(H,15,16)(H,17,21)(H,19,20). The number of anilines is 1. The van der Waals surface area contributed by atoms with E-state index in [2.05, 4.69) is 15.5 Å². The number of H-pyrrole nitrogens is 1. The number of benzene rings is 1. The lowest BCUT2D eigenvalue weighted by molar-refractivity contribution is 0.0697. The normalized spacial score (nSPS) is 10.2. The smallest absolute Gasteiger partial charge is 0.335 e. The minimum absolute atomic E-state index is 0.0600. The number of carboxylic acids is 1. The van der Waals surface area contributed by atoms with Crippen LogP contribution in [0.15, 0.2) is 30.6 Å². The van der Waals surface area contributed by atoms with Gasteiger partial charge >= 0.3 is 12.0 Å². The highest BCUT2D eigenvalue weighted by atomic mass is 35.5. The van der Waals surface area contributed by atoms with Crippen molar-refractivity contribution < 1.29 is 14.7 Å². The van der Waals surface area contributed by atoms with Gasteiger partial charge in [0, 0.05) is 18.8 Å². The Hall–Kier alpha value is -2.54. The number of aromatic carboxylic acids is 1. The van der Waals surface area contributed by atoms with E-state index in [4.69, 9.17) is 16.7 Å². The van der Waals surface area contributed by atoms with Gasteiger partial charge in [-0.1, -0.05) is 11.6 Å². The number of urea groups is 1. The molecule has 8 heteroatoms. The van der Waals surface area contributed by atoms with E-state index in [1.54, 1.807) is 19.4 Å². The fourth-order valence-electron chi connectivity index (χ4n) is 1.67. The number of carboxylic acid groups (broad SMARTS) is 1. The van der Waals surface area contributed by atoms with Crippen molar-refractivity contribution in [2.24, 2.45) is 0 Å². The van der Waals surface area contributed by atoms with Gasteiger partial charge in [0.25, 0.3) is 0 Å². The molecular formula is C13H13ClN4O3. The number of amides is 2. The SMILES string of the molecule is CN(Cc1cn[nH]c1)C(=O)Nc1ccc(C(=O)O)cc1Cl. The minimum Gasteiger partial charge on any atom is -0.478 e. The van der Waals surface area contributed by atoms with Gasteiger partial charge in [0.1, 0.15) is 0 Å². The van der Waals surface area contributed by atoms with Gasteiger partial charge in [0.15, 0.2) is 0 Å². The molecule has 0 aliphatic rings. The van der Waals surface area contributed by atoms with Crippen LogP contribution in [-0.2, 0) is 6.54 Å². The number of carbonyl (C=O) groups excluding carboxylic acids is 1. The van der Waals surface area contributed by atoms with E-state index in [1.165, 1.54) is 23.1 Å². The molecule has 2 amide bonds. The topological polar surface area (TPSA) is 98.3 Å². The predicted octanol–water partition coefficient (Wildman–Crippen LogP) is 2.43. The number of aromatic nitrogens is 2. The zero-order valence-electron chi connectivity index (χ0n) is 11.1. The number of carbonyl (C=O) groups is 2. The Morgan fingerprint density at radius 1 is 1.48 bits per heavy atom. The number of rotatable bonds is 4. The molecule has 0 saturated heterocycles. The lowest BCUT2D eigenvalue weighted by Crippen LogP contribution is -2.30. The molecule has 0 spiro atoms. The van der Waals surface area contributed by atoms with Crippen LogP contribution in [-0.4, -0.2) is 39.3 Å². The quantitative estimate of drug-likeness (QED) is 0.807. The van der Waals surface area contributed by atoms with Crippen molar-refractivity contribution in [3.8, 4) is 0 Å². The van der Waals surface area contributed by atoms with E-state index in [-0.39, 0.29) is 16.6 Å². The Bertz CT molecular complexity index is 657. The van der Waals surface area contributed by atoms with Crippen LogP contribution in [0.3, 0.4) is 0 Å². The molecule has 1 aromatic heterocycles. The Labute approximate surface area is 125 Å². The van der Waals surface area contributed by atoms with Crippen molar-refractivity contribution in [1.82, 2.24) is 15.1 Å². The Morgan fingerprint density at radius 2 is 2.24 bits per heavy atom. The van der Waals surface area contributed by atoms with Crippen molar-refractivity contribution >= 4 is 29.3 Å². The molecule has 2 rings (SSSR count). The largest absolute Gasteiger partial charge is 0.478 e. The maximum Gasteiger partial charge on any atom is 0.335 e. The van der Waals surface area contributed by atoms with E-state index < -0.39 is 5.97 Å².